The van der Waals surface area contributed by atoms with Gasteiger partial charge in [0.1, 0.15) is 11.5 Å². The molecule has 4 N–H and O–H groups in total. The van der Waals surface area contributed by atoms with Crippen molar-refractivity contribution in [1.29, 1.82) is 0 Å². The molecule has 190 valence electrons. The van der Waals surface area contributed by atoms with E-state index in [4.69, 9.17) is 14.6 Å². The molecule has 1 aliphatic rings. The molecule has 0 bridgehead atoms. The summed E-state index contributed by atoms with van der Waals surface area (Å²) in [5.41, 5.74) is 0.852. The van der Waals surface area contributed by atoms with E-state index in [0.29, 0.717) is 36.7 Å². The fraction of sp³-hybridized carbons (Fsp3) is 0.423. The zero-order valence-electron chi connectivity index (χ0n) is 20.4. The van der Waals surface area contributed by atoms with Crippen LogP contribution in [0.5, 0.6) is 5.75 Å². The molecule has 9 nitrogen and oxygen atoms in total. The highest BCUT2D eigenvalue weighted by Crippen LogP contribution is 2.33. The third kappa shape index (κ3) is 8.38. The second-order valence-corrected chi connectivity index (χ2v) is 8.98. The maximum atomic E-state index is 12.9. The summed E-state index contributed by atoms with van der Waals surface area (Å²) in [6, 6.07) is 7.06. The molecule has 2 unspecified atom stereocenters. The zero-order chi connectivity index (χ0) is 26.2. The van der Waals surface area contributed by atoms with Gasteiger partial charge in [0.2, 0.25) is 5.79 Å². The highest BCUT2D eigenvalue weighted by molar-refractivity contribution is 6.11. The molecule has 0 spiro atoms. The number of nitrogens with one attached hydrogen (secondary N) is 1. The van der Waals surface area contributed by atoms with E-state index in [9.17, 15) is 24.6 Å². The topological polar surface area (TPSA) is 142 Å². The maximum absolute atomic E-state index is 12.9. The van der Waals surface area contributed by atoms with Gasteiger partial charge < -0.3 is 24.8 Å². The van der Waals surface area contributed by atoms with E-state index >= 15 is 0 Å². The van der Waals surface area contributed by atoms with Crippen LogP contribution in [0.1, 0.15) is 46.1 Å². The molecule has 35 heavy (non-hydrogen) atoms. The lowest BCUT2D eigenvalue weighted by atomic mass is 9.86. The van der Waals surface area contributed by atoms with Crippen LogP contribution in [0.4, 0.5) is 4.79 Å². The molecule has 0 saturated carbocycles. The quantitative estimate of drug-likeness (QED) is 0.160. The number of esters is 1. The van der Waals surface area contributed by atoms with E-state index in [2.05, 4.69) is 5.32 Å². The van der Waals surface area contributed by atoms with Crippen molar-refractivity contribution in [2.45, 2.75) is 46.3 Å². The van der Waals surface area contributed by atoms with Crippen molar-refractivity contribution in [3.63, 3.8) is 0 Å². The number of ether oxygens (including phenoxy) is 2. The normalized spacial score (nSPS) is 18.7. The van der Waals surface area contributed by atoms with Gasteiger partial charge in [0, 0.05) is 18.2 Å². The Morgan fingerprint density at radius 2 is 1.86 bits per heavy atom. The molecule has 1 amide bonds. The van der Waals surface area contributed by atoms with Gasteiger partial charge in [-0.25, -0.2) is 4.79 Å². The van der Waals surface area contributed by atoms with Gasteiger partial charge in [-0.3, -0.25) is 14.9 Å². The van der Waals surface area contributed by atoms with Gasteiger partial charge in [-0.15, -0.1) is 0 Å². The number of Topliss-reactive ketones (excluding diaryl/α,β-unsaturated/α-hetero) is 1. The number of hydrogen-bond donors (Lipinski definition) is 4. The van der Waals surface area contributed by atoms with Crippen LogP contribution in [-0.4, -0.2) is 45.6 Å². The van der Waals surface area contributed by atoms with Crippen molar-refractivity contribution in [2.24, 2.45) is 17.8 Å². The Balaban J connectivity index is 2.08. The number of benzene rings is 1. The van der Waals surface area contributed by atoms with Crippen molar-refractivity contribution in [3.05, 3.63) is 59.5 Å². The number of aliphatic hydroxyl groups is 2. The Morgan fingerprint density at radius 3 is 2.43 bits per heavy atom. The minimum absolute atomic E-state index is 0.0438. The fourth-order valence-corrected chi connectivity index (χ4v) is 3.39. The average molecular weight is 488 g/mol. The van der Waals surface area contributed by atoms with Crippen LogP contribution in [0.3, 0.4) is 0 Å². The van der Waals surface area contributed by atoms with E-state index in [1.54, 1.807) is 43.3 Å². The standard InChI is InChI=1S/C26H33NO8/c1-16(2)15-34-20-10-8-19(9-11-20)13-18(4)23(28)22-24(29)35-21(14-26(22,32)33)17(3)7-5-6-12-27-25(30)31/h6,8-14,16-17,22,27,32-33H,5,7,15H2,1-4H3,(H,30,31). The Morgan fingerprint density at radius 1 is 1.20 bits per heavy atom. The van der Waals surface area contributed by atoms with Gasteiger partial charge in [0.15, 0.2) is 11.7 Å². The second-order valence-electron chi connectivity index (χ2n) is 8.98. The Labute approximate surface area is 204 Å². The number of carbonyl (C=O) groups is 3. The number of hydrogen-bond acceptors (Lipinski definition) is 7. The van der Waals surface area contributed by atoms with Crippen molar-refractivity contribution in [2.75, 3.05) is 6.61 Å². The molecule has 1 aliphatic heterocycles. The number of ketones is 1. The van der Waals surface area contributed by atoms with E-state index in [-0.39, 0.29) is 17.3 Å². The molecule has 2 rings (SSSR count). The van der Waals surface area contributed by atoms with Crippen molar-refractivity contribution in [3.8, 4) is 5.75 Å². The average Bonchev–Trinajstić information content (AvgIpc) is 2.76. The van der Waals surface area contributed by atoms with Crippen LogP contribution < -0.4 is 10.1 Å². The minimum atomic E-state index is -2.71. The van der Waals surface area contributed by atoms with E-state index in [1.807, 2.05) is 13.8 Å². The summed E-state index contributed by atoms with van der Waals surface area (Å²) in [4.78, 5) is 36.0. The predicted molar refractivity (Wildman–Crippen MR) is 129 cm³/mol. The number of allylic oxidation sites excluding steroid dienone is 3. The molecular formula is C26H33NO8. The Bertz CT molecular complexity index is 1000. The molecule has 0 saturated heterocycles. The third-order valence-corrected chi connectivity index (χ3v) is 5.31. The fourth-order valence-electron chi connectivity index (χ4n) is 3.39. The first-order chi connectivity index (χ1) is 16.4. The van der Waals surface area contributed by atoms with Crippen LogP contribution >= 0.6 is 0 Å². The molecule has 0 fully saturated rings. The molecule has 1 aromatic rings. The first kappa shape index (κ1) is 27.8. The predicted octanol–water partition coefficient (Wildman–Crippen LogP) is 3.63. The largest absolute Gasteiger partial charge is 0.493 e. The Kier molecular flexibility index (Phi) is 9.79. The monoisotopic (exact) mass is 487 g/mol. The number of carbonyl (C=O) groups excluding carboxylic acids is 2. The lowest BCUT2D eigenvalue weighted by molar-refractivity contribution is -0.195. The summed E-state index contributed by atoms with van der Waals surface area (Å²) in [6.45, 7) is 7.88. The Hall–Kier alpha value is -3.43. The molecule has 1 heterocycles. The lowest BCUT2D eigenvalue weighted by Gasteiger charge is -2.32. The van der Waals surface area contributed by atoms with Crippen LogP contribution in [0.25, 0.3) is 6.08 Å². The highest BCUT2D eigenvalue weighted by atomic mass is 16.6. The van der Waals surface area contributed by atoms with Gasteiger partial charge in [-0.1, -0.05) is 39.0 Å². The van der Waals surface area contributed by atoms with Gasteiger partial charge in [0.05, 0.1) is 6.61 Å². The van der Waals surface area contributed by atoms with Crippen LogP contribution in [-0.2, 0) is 14.3 Å². The molecule has 9 heteroatoms. The smallest absolute Gasteiger partial charge is 0.408 e. The van der Waals surface area contributed by atoms with Gasteiger partial charge >= 0.3 is 12.1 Å². The van der Waals surface area contributed by atoms with Crippen LogP contribution in [0.15, 0.2) is 53.9 Å². The molecule has 0 aliphatic carbocycles. The molecule has 1 aromatic carbocycles. The van der Waals surface area contributed by atoms with Gasteiger partial charge in [-0.2, -0.15) is 0 Å². The second kappa shape index (κ2) is 12.3. The van der Waals surface area contributed by atoms with Crippen LogP contribution in [0, 0.1) is 17.8 Å². The third-order valence-electron chi connectivity index (χ3n) is 5.31. The van der Waals surface area contributed by atoms with E-state index < -0.39 is 29.6 Å². The number of rotatable bonds is 11. The number of amides is 1. The first-order valence-electron chi connectivity index (χ1n) is 11.4. The van der Waals surface area contributed by atoms with Crippen molar-refractivity contribution in [1.82, 2.24) is 5.32 Å². The number of cyclic esters (lactones) is 1. The summed E-state index contributed by atoms with van der Waals surface area (Å²) >= 11 is 0. The summed E-state index contributed by atoms with van der Waals surface area (Å²) in [6.07, 6.45) is 5.11. The first-order valence-corrected chi connectivity index (χ1v) is 11.4. The van der Waals surface area contributed by atoms with E-state index in [0.717, 1.165) is 6.08 Å². The summed E-state index contributed by atoms with van der Waals surface area (Å²) in [5.74, 6) is -5.58. The highest BCUT2D eigenvalue weighted by Gasteiger charge is 2.49. The maximum Gasteiger partial charge on any atom is 0.408 e. The lowest BCUT2D eigenvalue weighted by Crippen LogP contribution is -2.49. The minimum Gasteiger partial charge on any atom is -0.493 e. The van der Waals surface area contributed by atoms with Crippen LogP contribution in [0.2, 0.25) is 0 Å². The summed E-state index contributed by atoms with van der Waals surface area (Å²) in [7, 11) is 0. The molecule has 0 radical (unpaired) electrons. The molecular weight excluding hydrogens is 454 g/mol. The van der Waals surface area contributed by atoms with Crippen molar-refractivity contribution >= 4 is 23.9 Å². The van der Waals surface area contributed by atoms with E-state index in [1.165, 1.54) is 13.1 Å². The molecule has 2 atom stereocenters. The number of carboxylic acid groups (broad SMARTS) is 1. The zero-order valence-corrected chi connectivity index (χ0v) is 20.4. The SMILES string of the molecule is CC(=Cc1ccc(OCC(C)C)cc1)C(=O)C1C(=O)OC(C(C)CCC=CNC(=O)O)=CC1(O)O. The summed E-state index contributed by atoms with van der Waals surface area (Å²) in [5, 5.41) is 31.7. The molecule has 0 aromatic heterocycles. The van der Waals surface area contributed by atoms with Gasteiger partial charge in [-0.05, 0) is 55.0 Å². The van der Waals surface area contributed by atoms with Gasteiger partial charge in [0.25, 0.3) is 0 Å². The summed E-state index contributed by atoms with van der Waals surface area (Å²) < 4.78 is 10.9. The van der Waals surface area contributed by atoms with Crippen molar-refractivity contribution < 1.29 is 39.2 Å².